The molecule has 1 aliphatic heterocycles. The number of hydrogen-bond donors (Lipinski definition) is 4. The lowest BCUT2D eigenvalue weighted by molar-refractivity contribution is -0.581. The monoisotopic (exact) mass is 463 g/mol. The molecule has 0 aromatic carbocycles. The van der Waals surface area contributed by atoms with Crippen LogP contribution in [0.25, 0.3) is 11.2 Å². The zero-order chi connectivity index (χ0) is 24.6. The van der Waals surface area contributed by atoms with E-state index in [1.165, 1.54) is 6.20 Å². The number of H-pyrrole nitrogens is 1. The van der Waals surface area contributed by atoms with Gasteiger partial charge in [0.05, 0.1) is 36.5 Å². The number of nitrogens with two attached hydrogens (primary N) is 1. The second kappa shape index (κ2) is 8.99. The Kier molecular flexibility index (Phi) is 6.23. The maximum Gasteiger partial charge on any atom is 0.255 e. The third-order valence-electron chi connectivity index (χ3n) is 6.73. The van der Waals surface area contributed by atoms with Gasteiger partial charge in [-0.15, -0.1) is 0 Å². The van der Waals surface area contributed by atoms with Gasteiger partial charge in [0, 0.05) is 31.3 Å². The molecule has 2 aliphatic rings. The molecule has 4 rings (SSSR count). The first-order valence-corrected chi connectivity index (χ1v) is 11.6. The molecule has 2 amide bonds. The van der Waals surface area contributed by atoms with Gasteiger partial charge in [0.25, 0.3) is 5.91 Å². The summed E-state index contributed by atoms with van der Waals surface area (Å²) in [5.41, 5.74) is 4.17. The van der Waals surface area contributed by atoms with Crippen molar-refractivity contribution in [3.63, 3.8) is 0 Å². The fourth-order valence-electron chi connectivity index (χ4n) is 4.59. The van der Waals surface area contributed by atoms with Gasteiger partial charge in [0.1, 0.15) is 22.9 Å². The molecule has 0 bridgehead atoms. The Bertz CT molecular complexity index is 1230. The van der Waals surface area contributed by atoms with E-state index in [1.807, 2.05) is 7.05 Å². The van der Waals surface area contributed by atoms with Gasteiger partial charge in [-0.3, -0.25) is 15.0 Å². The number of likely N-dealkylation sites (tertiary alicyclic amines) is 1. The highest BCUT2D eigenvalue weighted by molar-refractivity contribution is 6.11. The summed E-state index contributed by atoms with van der Waals surface area (Å²) in [4.78, 5) is 39.0. The molecule has 1 saturated heterocycles. The Morgan fingerprint density at radius 1 is 1.41 bits per heavy atom. The minimum atomic E-state index is -0.732. The predicted molar refractivity (Wildman–Crippen MR) is 126 cm³/mol. The highest BCUT2D eigenvalue weighted by Gasteiger charge is 2.34. The highest BCUT2D eigenvalue weighted by Crippen LogP contribution is 2.37. The standard InChI is InChI=1S/C24H30N8O2/c1-13(23(34)32-11-14(8-25)12-32)30-22(33)16-9-28-21-20(16)31-18(10-29-21)19(26)15-5-6-24(2,3)7-17(15)27-4/h9-10,13-14,26-27H,5-7,11-12H2,1-4H3,(H,28,29)(H,30,33)/p+1. The van der Waals surface area contributed by atoms with Crippen LogP contribution in [0.1, 0.15) is 56.1 Å². The molecular formula is C24H31N8O2+. The molecule has 2 aromatic rings. The normalized spacial score (nSPS) is 18.9. The zero-order valence-electron chi connectivity index (χ0n) is 20.0. The Balaban J connectivity index is 1.54. The van der Waals surface area contributed by atoms with Crippen molar-refractivity contribution < 1.29 is 14.9 Å². The molecule has 5 N–H and O–H groups in total. The van der Waals surface area contributed by atoms with Gasteiger partial charge in [-0.1, -0.05) is 13.8 Å². The van der Waals surface area contributed by atoms with Crippen LogP contribution in [0.3, 0.4) is 0 Å². The van der Waals surface area contributed by atoms with Crippen molar-refractivity contribution in [2.24, 2.45) is 11.3 Å². The second-order valence-electron chi connectivity index (χ2n) is 9.93. The Morgan fingerprint density at radius 3 is 2.82 bits per heavy atom. The van der Waals surface area contributed by atoms with E-state index in [2.05, 4.69) is 45.5 Å². The molecule has 10 heteroatoms. The van der Waals surface area contributed by atoms with Crippen LogP contribution >= 0.6 is 0 Å². The van der Waals surface area contributed by atoms with Crippen molar-refractivity contribution in [3.8, 4) is 6.07 Å². The van der Waals surface area contributed by atoms with E-state index in [0.29, 0.717) is 35.7 Å². The molecule has 1 fully saturated rings. The summed E-state index contributed by atoms with van der Waals surface area (Å²) in [7, 11) is 2.00. The number of nitriles is 1. The van der Waals surface area contributed by atoms with Gasteiger partial charge in [-0.05, 0) is 25.2 Å². The average Bonchev–Trinajstić information content (AvgIpc) is 3.20. The molecule has 0 spiro atoms. The Hall–Kier alpha value is -3.58. The quantitative estimate of drug-likeness (QED) is 0.472. The van der Waals surface area contributed by atoms with Crippen LogP contribution in [-0.2, 0) is 4.79 Å². The second-order valence-corrected chi connectivity index (χ2v) is 9.93. The maximum absolute atomic E-state index is 12.9. The molecule has 0 saturated carbocycles. The molecule has 1 aliphatic carbocycles. The summed E-state index contributed by atoms with van der Waals surface area (Å²) >= 11 is 0. The summed E-state index contributed by atoms with van der Waals surface area (Å²) < 4.78 is 0. The maximum atomic E-state index is 12.9. The number of quaternary nitrogens is 1. The number of carbonyl (C=O) groups is 2. The van der Waals surface area contributed by atoms with Crippen molar-refractivity contribution >= 4 is 28.7 Å². The molecule has 0 radical (unpaired) electrons. The number of hydrogen-bond acceptors (Lipinski definition) is 6. The molecule has 178 valence electrons. The zero-order valence-corrected chi connectivity index (χ0v) is 20.0. The van der Waals surface area contributed by atoms with Gasteiger partial charge in [0.15, 0.2) is 5.65 Å². The van der Waals surface area contributed by atoms with Gasteiger partial charge < -0.3 is 20.5 Å². The van der Waals surface area contributed by atoms with Gasteiger partial charge in [-0.25, -0.2) is 9.97 Å². The summed E-state index contributed by atoms with van der Waals surface area (Å²) in [6.45, 7) is 6.89. The van der Waals surface area contributed by atoms with Crippen molar-refractivity contribution in [1.82, 2.24) is 25.2 Å². The van der Waals surface area contributed by atoms with Crippen molar-refractivity contribution in [2.45, 2.75) is 46.1 Å². The summed E-state index contributed by atoms with van der Waals surface area (Å²) in [5, 5.41) is 22.5. The van der Waals surface area contributed by atoms with E-state index < -0.39 is 11.9 Å². The SMILES string of the molecule is C[NH2+]C1=C(C(=N)c2cnc3[nH]cc(C(=O)NC(C)C(=O)N4CC(C#N)C4)c3n2)CCC(C)(C)C1. The van der Waals surface area contributed by atoms with Gasteiger partial charge in [-0.2, -0.15) is 5.26 Å². The highest BCUT2D eigenvalue weighted by atomic mass is 16.2. The molecule has 34 heavy (non-hydrogen) atoms. The topological polar surface area (TPSA) is 155 Å². The number of aromatic nitrogens is 3. The molecular weight excluding hydrogens is 432 g/mol. The molecule has 2 aromatic heterocycles. The van der Waals surface area contributed by atoms with Crippen LogP contribution < -0.4 is 10.6 Å². The molecule has 1 atom stereocenters. The summed E-state index contributed by atoms with van der Waals surface area (Å²) in [6.07, 6.45) is 5.78. The predicted octanol–water partition coefficient (Wildman–Crippen LogP) is 1.08. The minimum absolute atomic E-state index is 0.138. The summed E-state index contributed by atoms with van der Waals surface area (Å²) in [6, 6.07) is 1.40. The number of nitrogens with one attached hydrogen (secondary N) is 3. The number of amides is 2. The third kappa shape index (κ3) is 4.43. The third-order valence-corrected chi connectivity index (χ3v) is 6.73. The molecule has 1 unspecified atom stereocenters. The molecule has 3 heterocycles. The van der Waals surface area contributed by atoms with E-state index >= 15 is 0 Å². The number of allylic oxidation sites excluding steroid dienone is 2. The minimum Gasteiger partial charge on any atom is -0.344 e. The Morgan fingerprint density at radius 2 is 2.15 bits per heavy atom. The number of aromatic amines is 1. The fourth-order valence-corrected chi connectivity index (χ4v) is 4.59. The average molecular weight is 464 g/mol. The number of fused-ring (bicyclic) bond motifs is 1. The van der Waals surface area contributed by atoms with E-state index in [0.717, 1.165) is 30.5 Å². The van der Waals surface area contributed by atoms with E-state index in [9.17, 15) is 9.59 Å². The number of nitrogens with zero attached hydrogens (tertiary/aromatic N) is 4. The van der Waals surface area contributed by atoms with Gasteiger partial charge in [0.2, 0.25) is 5.91 Å². The van der Waals surface area contributed by atoms with E-state index in [-0.39, 0.29) is 22.8 Å². The van der Waals surface area contributed by atoms with Crippen LogP contribution in [0.2, 0.25) is 0 Å². The van der Waals surface area contributed by atoms with Crippen LogP contribution in [0.15, 0.2) is 23.7 Å². The molecule has 10 nitrogen and oxygen atoms in total. The lowest BCUT2D eigenvalue weighted by atomic mass is 9.75. The number of carbonyl (C=O) groups excluding carboxylic acids is 2. The van der Waals surface area contributed by atoms with Crippen LogP contribution in [-0.4, -0.2) is 63.6 Å². The van der Waals surface area contributed by atoms with Gasteiger partial charge >= 0.3 is 0 Å². The largest absolute Gasteiger partial charge is 0.344 e. The van der Waals surface area contributed by atoms with E-state index in [1.54, 1.807) is 18.0 Å². The van der Waals surface area contributed by atoms with E-state index in [4.69, 9.17) is 10.7 Å². The van der Waals surface area contributed by atoms with Crippen LogP contribution in [0.4, 0.5) is 0 Å². The summed E-state index contributed by atoms with van der Waals surface area (Å²) in [5.74, 6) is -0.798. The lowest BCUT2D eigenvalue weighted by Crippen LogP contribution is -2.78. The van der Waals surface area contributed by atoms with Crippen molar-refractivity contribution in [3.05, 3.63) is 34.9 Å². The first-order chi connectivity index (χ1) is 16.1. The van der Waals surface area contributed by atoms with Crippen LogP contribution in [0.5, 0.6) is 0 Å². The van der Waals surface area contributed by atoms with Crippen LogP contribution in [0, 0.1) is 28.1 Å². The van der Waals surface area contributed by atoms with Crippen molar-refractivity contribution in [1.29, 1.82) is 10.7 Å². The smallest absolute Gasteiger partial charge is 0.255 e. The first kappa shape index (κ1) is 23.6. The lowest BCUT2D eigenvalue weighted by Gasteiger charge is -2.37. The number of rotatable bonds is 6. The first-order valence-electron chi connectivity index (χ1n) is 11.6. The van der Waals surface area contributed by atoms with Crippen molar-refractivity contribution in [2.75, 3.05) is 20.1 Å². The Labute approximate surface area is 198 Å². The fraction of sp³-hybridized carbons (Fsp3) is 0.500.